The second-order valence-electron chi connectivity index (χ2n) is 5.17. The first-order chi connectivity index (χ1) is 7.70. The third kappa shape index (κ3) is 4.30. The summed E-state index contributed by atoms with van der Waals surface area (Å²) in [5.41, 5.74) is 7.27. The van der Waals surface area contributed by atoms with Gasteiger partial charge < -0.3 is 15.7 Å². The lowest BCUT2D eigenvalue weighted by Gasteiger charge is -2.28. The van der Waals surface area contributed by atoms with Crippen molar-refractivity contribution in [1.29, 1.82) is 0 Å². The average molecular weight is 301 g/mol. The third-order valence-electron chi connectivity index (χ3n) is 2.53. The zero-order valence-corrected chi connectivity index (χ0v) is 12.5. The van der Waals surface area contributed by atoms with Crippen LogP contribution in [0.5, 0.6) is 0 Å². The Morgan fingerprint density at radius 2 is 2.06 bits per heavy atom. The molecule has 0 unspecified atom stereocenters. The molecule has 0 aliphatic rings. The van der Waals surface area contributed by atoms with Gasteiger partial charge in [-0.3, -0.25) is 0 Å². The summed E-state index contributed by atoms with van der Waals surface area (Å²) >= 11 is 3.54. The van der Waals surface area contributed by atoms with Crippen molar-refractivity contribution in [2.45, 2.75) is 32.4 Å². The maximum absolute atomic E-state index is 9.81. The molecule has 0 fully saturated rings. The lowest BCUT2D eigenvalue weighted by atomic mass is 10.1. The van der Waals surface area contributed by atoms with E-state index >= 15 is 0 Å². The van der Waals surface area contributed by atoms with Crippen LogP contribution in [0.4, 0.5) is 5.69 Å². The van der Waals surface area contributed by atoms with E-state index in [1.165, 1.54) is 0 Å². The minimum Gasteiger partial charge on any atom is -0.389 e. The van der Waals surface area contributed by atoms with Crippen molar-refractivity contribution in [2.75, 3.05) is 18.5 Å². The highest BCUT2D eigenvalue weighted by Gasteiger charge is 2.17. The summed E-state index contributed by atoms with van der Waals surface area (Å²) in [5.74, 6) is 0. The van der Waals surface area contributed by atoms with Crippen LogP contribution in [0.1, 0.15) is 32.4 Å². The molecule has 1 aromatic rings. The molecule has 4 heteroatoms. The number of nitrogens with zero attached hydrogens (tertiary/aromatic N) is 1. The van der Waals surface area contributed by atoms with Gasteiger partial charge in [0.25, 0.3) is 0 Å². The monoisotopic (exact) mass is 300 g/mol. The molecule has 0 amide bonds. The van der Waals surface area contributed by atoms with Crippen molar-refractivity contribution in [3.05, 3.63) is 28.2 Å². The van der Waals surface area contributed by atoms with Gasteiger partial charge in [-0.05, 0) is 54.4 Å². The largest absolute Gasteiger partial charge is 0.389 e. The predicted molar refractivity (Wildman–Crippen MR) is 76.3 cm³/mol. The molecule has 0 heterocycles. The summed E-state index contributed by atoms with van der Waals surface area (Å²) in [6, 6.07) is 6.10. The molecule has 0 aromatic heterocycles. The van der Waals surface area contributed by atoms with E-state index in [0.29, 0.717) is 6.54 Å². The van der Waals surface area contributed by atoms with Crippen LogP contribution in [-0.2, 0) is 0 Å². The maximum Gasteiger partial charge on any atom is 0.0765 e. The molecular weight excluding hydrogens is 280 g/mol. The molecule has 0 saturated carbocycles. The molecule has 0 radical (unpaired) electrons. The second-order valence-corrected chi connectivity index (χ2v) is 6.02. The summed E-state index contributed by atoms with van der Waals surface area (Å²) in [7, 11) is 1.96. The minimum absolute atomic E-state index is 0.0277. The number of nitrogens with two attached hydrogens (primary N) is 1. The first-order valence-corrected chi connectivity index (χ1v) is 6.48. The Labute approximate surface area is 112 Å². The SMILES string of the molecule is C[C@H](N)c1ccc(N(C)CC(C)(C)O)c(Br)c1. The molecule has 0 spiro atoms. The van der Waals surface area contributed by atoms with Gasteiger partial charge in [-0.2, -0.15) is 0 Å². The molecule has 3 N–H and O–H groups in total. The van der Waals surface area contributed by atoms with Crippen LogP contribution in [0.2, 0.25) is 0 Å². The normalized spacial score (nSPS) is 13.6. The summed E-state index contributed by atoms with van der Waals surface area (Å²) in [4.78, 5) is 2.02. The van der Waals surface area contributed by atoms with Crippen LogP contribution in [0.3, 0.4) is 0 Å². The first-order valence-electron chi connectivity index (χ1n) is 5.69. The smallest absolute Gasteiger partial charge is 0.0765 e. The van der Waals surface area contributed by atoms with Gasteiger partial charge >= 0.3 is 0 Å². The maximum atomic E-state index is 9.81. The minimum atomic E-state index is -0.714. The predicted octanol–water partition coefficient (Wildman–Crippen LogP) is 2.68. The lowest BCUT2D eigenvalue weighted by Crippen LogP contribution is -2.36. The highest BCUT2D eigenvalue weighted by molar-refractivity contribution is 9.10. The highest BCUT2D eigenvalue weighted by atomic mass is 79.9. The van der Waals surface area contributed by atoms with Gasteiger partial charge in [0.2, 0.25) is 0 Å². The quantitative estimate of drug-likeness (QED) is 0.899. The number of likely N-dealkylation sites (N-methyl/N-ethyl adjacent to an activating group) is 1. The van der Waals surface area contributed by atoms with E-state index in [1.807, 2.05) is 37.1 Å². The van der Waals surface area contributed by atoms with E-state index in [4.69, 9.17) is 5.73 Å². The van der Waals surface area contributed by atoms with Crippen LogP contribution in [0.15, 0.2) is 22.7 Å². The van der Waals surface area contributed by atoms with Gasteiger partial charge in [-0.15, -0.1) is 0 Å². The van der Waals surface area contributed by atoms with E-state index in [1.54, 1.807) is 13.8 Å². The summed E-state index contributed by atoms with van der Waals surface area (Å²) in [6.07, 6.45) is 0. The van der Waals surface area contributed by atoms with Crippen LogP contribution < -0.4 is 10.6 Å². The summed E-state index contributed by atoms with van der Waals surface area (Å²) in [5, 5.41) is 9.81. The van der Waals surface area contributed by atoms with Gasteiger partial charge in [0.15, 0.2) is 0 Å². The molecule has 17 heavy (non-hydrogen) atoms. The van der Waals surface area contributed by atoms with Gasteiger partial charge in [-0.1, -0.05) is 6.07 Å². The Hall–Kier alpha value is -0.580. The zero-order valence-electron chi connectivity index (χ0n) is 10.9. The molecule has 96 valence electrons. The van der Waals surface area contributed by atoms with E-state index in [-0.39, 0.29) is 6.04 Å². The Morgan fingerprint density at radius 3 is 2.47 bits per heavy atom. The third-order valence-corrected chi connectivity index (χ3v) is 3.17. The number of anilines is 1. The highest BCUT2D eigenvalue weighted by Crippen LogP contribution is 2.29. The van der Waals surface area contributed by atoms with Crippen molar-refractivity contribution >= 4 is 21.6 Å². The fourth-order valence-electron chi connectivity index (χ4n) is 1.78. The van der Waals surface area contributed by atoms with Gasteiger partial charge in [0.1, 0.15) is 0 Å². The molecule has 1 aromatic carbocycles. The summed E-state index contributed by atoms with van der Waals surface area (Å²) < 4.78 is 0.999. The topological polar surface area (TPSA) is 49.5 Å². The van der Waals surface area contributed by atoms with Crippen LogP contribution >= 0.6 is 15.9 Å². The average Bonchev–Trinajstić information content (AvgIpc) is 2.14. The molecule has 1 rings (SSSR count). The number of benzene rings is 1. The van der Waals surface area contributed by atoms with Crippen LogP contribution in [-0.4, -0.2) is 24.3 Å². The van der Waals surface area contributed by atoms with Crippen LogP contribution in [0, 0.1) is 0 Å². The van der Waals surface area contributed by atoms with Crippen molar-refractivity contribution in [2.24, 2.45) is 5.73 Å². The number of hydrogen-bond donors (Lipinski definition) is 2. The molecule has 3 nitrogen and oxygen atoms in total. The molecule has 0 aliphatic heterocycles. The van der Waals surface area contributed by atoms with Crippen molar-refractivity contribution < 1.29 is 5.11 Å². The Morgan fingerprint density at radius 1 is 1.47 bits per heavy atom. The van der Waals surface area contributed by atoms with E-state index in [0.717, 1.165) is 15.7 Å². The number of hydrogen-bond acceptors (Lipinski definition) is 3. The second kappa shape index (κ2) is 5.38. The fourth-order valence-corrected chi connectivity index (χ4v) is 2.48. The molecule has 0 saturated heterocycles. The van der Waals surface area contributed by atoms with E-state index in [9.17, 15) is 5.11 Å². The Balaban J connectivity index is 2.92. The molecular formula is C13H21BrN2O. The summed E-state index contributed by atoms with van der Waals surface area (Å²) in [6.45, 7) is 6.13. The number of halogens is 1. The first kappa shape index (κ1) is 14.5. The van der Waals surface area contributed by atoms with Gasteiger partial charge in [0, 0.05) is 24.1 Å². The van der Waals surface area contributed by atoms with Gasteiger partial charge in [0.05, 0.1) is 11.3 Å². The lowest BCUT2D eigenvalue weighted by molar-refractivity contribution is 0.0886. The van der Waals surface area contributed by atoms with Crippen LogP contribution in [0.25, 0.3) is 0 Å². The van der Waals surface area contributed by atoms with E-state index in [2.05, 4.69) is 15.9 Å². The van der Waals surface area contributed by atoms with Crippen molar-refractivity contribution in [1.82, 2.24) is 0 Å². The Bertz CT molecular complexity index is 385. The van der Waals surface area contributed by atoms with Crippen molar-refractivity contribution in [3.8, 4) is 0 Å². The van der Waals surface area contributed by atoms with Gasteiger partial charge in [-0.25, -0.2) is 0 Å². The Kier molecular flexibility index (Phi) is 4.58. The number of rotatable bonds is 4. The molecule has 0 bridgehead atoms. The van der Waals surface area contributed by atoms with Crippen molar-refractivity contribution in [3.63, 3.8) is 0 Å². The molecule has 1 atom stereocenters. The standard InChI is InChI=1S/C13H21BrN2O/c1-9(15)10-5-6-12(11(14)7-10)16(4)8-13(2,3)17/h5-7,9,17H,8,15H2,1-4H3/t9-/m0/s1. The number of aliphatic hydroxyl groups is 1. The fraction of sp³-hybridized carbons (Fsp3) is 0.538. The van der Waals surface area contributed by atoms with E-state index < -0.39 is 5.60 Å². The zero-order chi connectivity index (χ0) is 13.2. The molecule has 0 aliphatic carbocycles.